The monoisotopic (exact) mass is 253 g/mol. The minimum absolute atomic E-state index is 0.0941. The lowest BCUT2D eigenvalue weighted by atomic mass is 10.0. The Morgan fingerprint density at radius 3 is 2.26 bits per heavy atom. The van der Waals surface area contributed by atoms with E-state index in [0.29, 0.717) is 0 Å². The van der Waals surface area contributed by atoms with E-state index >= 15 is 0 Å². The van der Waals surface area contributed by atoms with Gasteiger partial charge in [0.05, 0.1) is 6.42 Å². The SMILES string of the molecule is CC(=O)CC(=O)Nc1ccccc1-c1ccccc1. The van der Waals surface area contributed by atoms with Crippen LogP contribution in [0.25, 0.3) is 11.1 Å². The molecule has 0 saturated carbocycles. The molecule has 1 N–H and O–H groups in total. The lowest BCUT2D eigenvalue weighted by molar-refractivity contribution is -0.124. The minimum Gasteiger partial charge on any atom is -0.325 e. The van der Waals surface area contributed by atoms with Crippen molar-refractivity contribution in [1.82, 2.24) is 0 Å². The molecule has 1 amide bonds. The summed E-state index contributed by atoms with van der Waals surface area (Å²) >= 11 is 0. The highest BCUT2D eigenvalue weighted by atomic mass is 16.2. The van der Waals surface area contributed by atoms with E-state index in [2.05, 4.69) is 5.32 Å². The van der Waals surface area contributed by atoms with E-state index in [4.69, 9.17) is 0 Å². The Hall–Kier alpha value is -2.42. The first-order chi connectivity index (χ1) is 9.16. The molecule has 0 saturated heterocycles. The fourth-order valence-electron chi connectivity index (χ4n) is 1.88. The fraction of sp³-hybridized carbons (Fsp3) is 0.125. The Bertz CT molecular complexity index is 591. The topological polar surface area (TPSA) is 46.2 Å². The van der Waals surface area contributed by atoms with Gasteiger partial charge in [0.1, 0.15) is 5.78 Å². The van der Waals surface area contributed by atoms with Crippen LogP contribution in [0.15, 0.2) is 54.6 Å². The van der Waals surface area contributed by atoms with Gasteiger partial charge in [0, 0.05) is 11.3 Å². The second-order valence-corrected chi connectivity index (χ2v) is 4.34. The van der Waals surface area contributed by atoms with Crippen LogP contribution < -0.4 is 5.32 Å². The van der Waals surface area contributed by atoms with E-state index in [-0.39, 0.29) is 18.1 Å². The van der Waals surface area contributed by atoms with Crippen LogP contribution in [0.2, 0.25) is 0 Å². The molecule has 0 bridgehead atoms. The summed E-state index contributed by atoms with van der Waals surface area (Å²) in [7, 11) is 0. The maximum Gasteiger partial charge on any atom is 0.231 e. The molecule has 0 aliphatic carbocycles. The fourth-order valence-corrected chi connectivity index (χ4v) is 1.88. The third-order valence-corrected chi connectivity index (χ3v) is 2.70. The molecule has 0 spiro atoms. The zero-order valence-electron chi connectivity index (χ0n) is 10.7. The highest BCUT2D eigenvalue weighted by molar-refractivity contribution is 6.05. The normalized spacial score (nSPS) is 9.95. The second kappa shape index (κ2) is 5.96. The Labute approximate surface area is 112 Å². The van der Waals surface area contributed by atoms with E-state index in [1.54, 1.807) is 0 Å². The largest absolute Gasteiger partial charge is 0.325 e. The molecular weight excluding hydrogens is 238 g/mol. The molecule has 2 aromatic carbocycles. The molecule has 0 atom stereocenters. The van der Waals surface area contributed by atoms with Crippen molar-refractivity contribution in [1.29, 1.82) is 0 Å². The summed E-state index contributed by atoms with van der Waals surface area (Å²) < 4.78 is 0. The van der Waals surface area contributed by atoms with Crippen molar-refractivity contribution in [2.45, 2.75) is 13.3 Å². The van der Waals surface area contributed by atoms with Crippen LogP contribution in [0.3, 0.4) is 0 Å². The Kier molecular flexibility index (Phi) is 4.08. The van der Waals surface area contributed by atoms with Crippen molar-refractivity contribution in [3.05, 3.63) is 54.6 Å². The molecule has 96 valence electrons. The summed E-state index contributed by atoms with van der Waals surface area (Å²) in [4.78, 5) is 22.6. The number of para-hydroxylation sites is 1. The average Bonchev–Trinajstić information content (AvgIpc) is 2.39. The summed E-state index contributed by atoms with van der Waals surface area (Å²) in [6, 6.07) is 17.4. The highest BCUT2D eigenvalue weighted by Crippen LogP contribution is 2.27. The zero-order chi connectivity index (χ0) is 13.7. The van der Waals surface area contributed by atoms with Gasteiger partial charge in [-0.15, -0.1) is 0 Å². The van der Waals surface area contributed by atoms with Crippen LogP contribution in [-0.2, 0) is 9.59 Å². The van der Waals surface area contributed by atoms with Crippen molar-refractivity contribution in [3.8, 4) is 11.1 Å². The number of ketones is 1. The number of hydrogen-bond donors (Lipinski definition) is 1. The molecule has 19 heavy (non-hydrogen) atoms. The van der Waals surface area contributed by atoms with Gasteiger partial charge in [0.25, 0.3) is 0 Å². The molecule has 0 aliphatic rings. The van der Waals surface area contributed by atoms with Gasteiger partial charge in [-0.3, -0.25) is 9.59 Å². The summed E-state index contributed by atoms with van der Waals surface area (Å²) in [6.45, 7) is 1.41. The van der Waals surface area contributed by atoms with Crippen LogP contribution in [0.5, 0.6) is 0 Å². The van der Waals surface area contributed by atoms with Crippen LogP contribution in [0, 0.1) is 0 Å². The lowest BCUT2D eigenvalue weighted by Gasteiger charge is -2.10. The second-order valence-electron chi connectivity index (χ2n) is 4.34. The van der Waals surface area contributed by atoms with Crippen LogP contribution in [0.1, 0.15) is 13.3 Å². The van der Waals surface area contributed by atoms with Gasteiger partial charge in [0.2, 0.25) is 5.91 Å². The van der Waals surface area contributed by atoms with Crippen molar-refractivity contribution < 1.29 is 9.59 Å². The number of amides is 1. The Morgan fingerprint density at radius 2 is 1.58 bits per heavy atom. The van der Waals surface area contributed by atoms with Gasteiger partial charge < -0.3 is 5.32 Å². The molecular formula is C16H15NO2. The van der Waals surface area contributed by atoms with Crippen LogP contribution in [-0.4, -0.2) is 11.7 Å². The van der Waals surface area contributed by atoms with Crippen LogP contribution >= 0.6 is 0 Å². The molecule has 0 unspecified atom stereocenters. The molecule has 3 nitrogen and oxygen atoms in total. The molecule has 2 aromatic rings. The van der Waals surface area contributed by atoms with Gasteiger partial charge in [-0.05, 0) is 18.6 Å². The van der Waals surface area contributed by atoms with E-state index in [1.807, 2.05) is 54.6 Å². The van der Waals surface area contributed by atoms with E-state index in [1.165, 1.54) is 6.92 Å². The zero-order valence-corrected chi connectivity index (χ0v) is 10.7. The number of Topliss-reactive ketones (excluding diaryl/α,β-unsaturated/α-hetero) is 1. The lowest BCUT2D eigenvalue weighted by Crippen LogP contribution is -2.15. The molecule has 0 aliphatic heterocycles. The number of benzene rings is 2. The van der Waals surface area contributed by atoms with E-state index in [9.17, 15) is 9.59 Å². The molecule has 0 aromatic heterocycles. The number of hydrogen-bond acceptors (Lipinski definition) is 2. The predicted molar refractivity (Wildman–Crippen MR) is 75.8 cm³/mol. The van der Waals surface area contributed by atoms with Gasteiger partial charge in [-0.2, -0.15) is 0 Å². The minimum atomic E-state index is -0.282. The molecule has 2 rings (SSSR count). The summed E-state index contributed by atoms with van der Waals surface area (Å²) in [5, 5.41) is 2.78. The molecule has 0 fully saturated rings. The molecule has 3 heteroatoms. The third kappa shape index (κ3) is 3.52. The molecule has 0 heterocycles. The van der Waals surface area contributed by atoms with Gasteiger partial charge in [0.15, 0.2) is 0 Å². The maximum atomic E-state index is 11.7. The first-order valence-electron chi connectivity index (χ1n) is 6.10. The average molecular weight is 253 g/mol. The predicted octanol–water partition coefficient (Wildman–Crippen LogP) is 3.27. The summed E-state index contributed by atoms with van der Waals surface area (Å²) in [5.74, 6) is -0.425. The van der Waals surface area contributed by atoms with Crippen molar-refractivity contribution in [3.63, 3.8) is 0 Å². The number of carbonyl (C=O) groups is 2. The van der Waals surface area contributed by atoms with Crippen molar-refractivity contribution in [2.24, 2.45) is 0 Å². The van der Waals surface area contributed by atoms with E-state index < -0.39 is 0 Å². The van der Waals surface area contributed by atoms with Crippen LogP contribution in [0.4, 0.5) is 5.69 Å². The number of carbonyl (C=O) groups excluding carboxylic acids is 2. The smallest absolute Gasteiger partial charge is 0.231 e. The standard InChI is InChI=1S/C16H15NO2/c1-12(18)11-16(19)17-15-10-6-5-9-14(15)13-7-3-2-4-8-13/h2-10H,11H2,1H3,(H,17,19). The maximum absolute atomic E-state index is 11.7. The van der Waals surface area contributed by atoms with E-state index in [0.717, 1.165) is 16.8 Å². The number of rotatable bonds is 4. The third-order valence-electron chi connectivity index (χ3n) is 2.70. The van der Waals surface area contributed by atoms with Gasteiger partial charge in [-0.25, -0.2) is 0 Å². The van der Waals surface area contributed by atoms with Gasteiger partial charge >= 0.3 is 0 Å². The van der Waals surface area contributed by atoms with Crippen molar-refractivity contribution >= 4 is 17.4 Å². The Morgan fingerprint density at radius 1 is 0.947 bits per heavy atom. The summed E-state index contributed by atoms with van der Waals surface area (Å²) in [5.41, 5.74) is 2.70. The van der Waals surface area contributed by atoms with Crippen molar-refractivity contribution in [2.75, 3.05) is 5.32 Å². The highest BCUT2D eigenvalue weighted by Gasteiger charge is 2.09. The number of anilines is 1. The molecule has 0 radical (unpaired) electrons. The quantitative estimate of drug-likeness (QED) is 0.850. The summed E-state index contributed by atoms with van der Waals surface area (Å²) in [6.07, 6.45) is -0.0941. The first kappa shape index (κ1) is 13.0. The Balaban J connectivity index is 2.27. The first-order valence-corrected chi connectivity index (χ1v) is 6.10. The number of nitrogens with one attached hydrogen (secondary N) is 1. The van der Waals surface area contributed by atoms with Gasteiger partial charge in [-0.1, -0.05) is 48.5 Å².